The minimum Gasteiger partial charge on any atom is -0.382 e. The van der Waals surface area contributed by atoms with Gasteiger partial charge in [0.2, 0.25) is 0 Å². The predicted octanol–water partition coefficient (Wildman–Crippen LogP) is 3.61. The van der Waals surface area contributed by atoms with Crippen LogP contribution in [0.2, 0.25) is 0 Å². The summed E-state index contributed by atoms with van der Waals surface area (Å²) in [5, 5.41) is 12.4. The normalized spacial score (nSPS) is 17.4. The van der Waals surface area contributed by atoms with Crippen LogP contribution in [-0.4, -0.2) is 31.1 Å². The van der Waals surface area contributed by atoms with Crippen LogP contribution in [0.25, 0.3) is 0 Å². The molecule has 2 rings (SSSR count). The Morgan fingerprint density at radius 2 is 2.05 bits per heavy atom. The standard InChI is InChI=1S/C15H20BrN3/c1-19(2)15(7-3-4-8-15)11-18-14-6-5-12(10-17)9-13(14)16/h5-6,9,18H,3-4,7-8,11H2,1-2H3. The van der Waals surface area contributed by atoms with E-state index in [-0.39, 0.29) is 5.54 Å². The predicted molar refractivity (Wildman–Crippen MR) is 82.2 cm³/mol. The van der Waals surface area contributed by atoms with Gasteiger partial charge in [-0.25, -0.2) is 0 Å². The first-order valence-corrected chi connectivity index (χ1v) is 7.48. The van der Waals surface area contributed by atoms with Crippen molar-refractivity contribution in [3.8, 4) is 6.07 Å². The van der Waals surface area contributed by atoms with Gasteiger partial charge in [-0.2, -0.15) is 5.26 Å². The molecule has 1 aromatic rings. The van der Waals surface area contributed by atoms with Crippen molar-refractivity contribution in [2.75, 3.05) is 26.0 Å². The highest BCUT2D eigenvalue weighted by Crippen LogP contribution is 2.34. The number of nitrogens with zero attached hydrogens (tertiary/aromatic N) is 2. The molecule has 1 fully saturated rings. The molecule has 1 aliphatic rings. The number of halogens is 1. The Morgan fingerprint density at radius 3 is 2.58 bits per heavy atom. The van der Waals surface area contributed by atoms with Crippen molar-refractivity contribution in [1.29, 1.82) is 5.26 Å². The van der Waals surface area contributed by atoms with E-state index in [1.54, 1.807) is 0 Å². The van der Waals surface area contributed by atoms with Gasteiger partial charge < -0.3 is 10.2 Å². The summed E-state index contributed by atoms with van der Waals surface area (Å²) in [6.07, 6.45) is 5.13. The minimum absolute atomic E-state index is 0.271. The molecule has 0 aromatic heterocycles. The number of benzene rings is 1. The van der Waals surface area contributed by atoms with Gasteiger partial charge in [0.15, 0.2) is 0 Å². The van der Waals surface area contributed by atoms with Gasteiger partial charge in [-0.05, 0) is 61.1 Å². The van der Waals surface area contributed by atoms with Crippen LogP contribution in [0.5, 0.6) is 0 Å². The van der Waals surface area contributed by atoms with Crippen molar-refractivity contribution < 1.29 is 0 Å². The fourth-order valence-corrected chi connectivity index (χ4v) is 3.32. The molecule has 0 heterocycles. The van der Waals surface area contributed by atoms with Crippen molar-refractivity contribution in [1.82, 2.24) is 4.90 Å². The summed E-state index contributed by atoms with van der Waals surface area (Å²) >= 11 is 3.52. The smallest absolute Gasteiger partial charge is 0.0992 e. The van der Waals surface area contributed by atoms with Crippen molar-refractivity contribution in [3.05, 3.63) is 28.2 Å². The van der Waals surface area contributed by atoms with Gasteiger partial charge >= 0.3 is 0 Å². The number of hydrogen-bond donors (Lipinski definition) is 1. The molecule has 0 aliphatic heterocycles. The van der Waals surface area contributed by atoms with Gasteiger partial charge in [-0.15, -0.1) is 0 Å². The van der Waals surface area contributed by atoms with Crippen molar-refractivity contribution in [2.24, 2.45) is 0 Å². The van der Waals surface area contributed by atoms with Gasteiger partial charge in [0.05, 0.1) is 11.6 Å². The summed E-state index contributed by atoms with van der Waals surface area (Å²) in [7, 11) is 4.33. The highest BCUT2D eigenvalue weighted by atomic mass is 79.9. The molecule has 0 unspecified atom stereocenters. The lowest BCUT2D eigenvalue weighted by Gasteiger charge is -2.37. The minimum atomic E-state index is 0.271. The van der Waals surface area contributed by atoms with E-state index in [0.717, 1.165) is 16.7 Å². The molecule has 4 heteroatoms. The summed E-state index contributed by atoms with van der Waals surface area (Å²) in [6, 6.07) is 7.84. The fourth-order valence-electron chi connectivity index (χ4n) is 2.80. The van der Waals surface area contributed by atoms with E-state index in [2.05, 4.69) is 46.3 Å². The first-order valence-electron chi connectivity index (χ1n) is 6.68. The number of nitrogens with one attached hydrogen (secondary N) is 1. The molecule has 1 saturated carbocycles. The molecule has 0 saturated heterocycles. The van der Waals surface area contributed by atoms with E-state index >= 15 is 0 Å². The Labute approximate surface area is 123 Å². The van der Waals surface area contributed by atoms with Crippen LogP contribution >= 0.6 is 15.9 Å². The Bertz CT molecular complexity index is 485. The number of anilines is 1. The molecule has 1 aromatic carbocycles. The molecule has 0 bridgehead atoms. The van der Waals surface area contributed by atoms with Gasteiger partial charge in [0, 0.05) is 22.2 Å². The van der Waals surface area contributed by atoms with E-state index < -0.39 is 0 Å². The van der Waals surface area contributed by atoms with E-state index in [9.17, 15) is 0 Å². The molecular weight excluding hydrogens is 302 g/mol. The van der Waals surface area contributed by atoms with Gasteiger partial charge in [0.25, 0.3) is 0 Å². The second kappa shape index (κ2) is 5.94. The summed E-state index contributed by atoms with van der Waals surface area (Å²) in [5.41, 5.74) is 2.01. The maximum absolute atomic E-state index is 8.87. The first kappa shape index (κ1) is 14.4. The third-order valence-electron chi connectivity index (χ3n) is 4.19. The highest BCUT2D eigenvalue weighted by Gasteiger charge is 2.35. The topological polar surface area (TPSA) is 39.1 Å². The zero-order valence-corrected chi connectivity index (χ0v) is 13.1. The van der Waals surface area contributed by atoms with E-state index in [4.69, 9.17) is 5.26 Å². The third kappa shape index (κ3) is 3.10. The van der Waals surface area contributed by atoms with Gasteiger partial charge in [0.1, 0.15) is 0 Å². The maximum atomic E-state index is 8.87. The summed E-state index contributed by atoms with van der Waals surface area (Å²) in [6.45, 7) is 0.949. The van der Waals surface area contributed by atoms with Crippen molar-refractivity contribution >= 4 is 21.6 Å². The lowest BCUT2D eigenvalue weighted by atomic mass is 9.96. The molecule has 0 amide bonds. The van der Waals surface area contributed by atoms with Crippen molar-refractivity contribution in [2.45, 2.75) is 31.2 Å². The average Bonchev–Trinajstić information content (AvgIpc) is 2.87. The van der Waals surface area contributed by atoms with Crippen LogP contribution in [0.15, 0.2) is 22.7 Å². The van der Waals surface area contributed by atoms with Gasteiger partial charge in [-0.1, -0.05) is 12.8 Å². The average molecular weight is 322 g/mol. The Balaban J connectivity index is 2.08. The number of rotatable bonds is 4. The molecule has 19 heavy (non-hydrogen) atoms. The van der Waals surface area contributed by atoms with Crippen LogP contribution in [0.3, 0.4) is 0 Å². The van der Waals surface area contributed by atoms with Crippen LogP contribution in [-0.2, 0) is 0 Å². The van der Waals surface area contributed by atoms with Crippen LogP contribution in [0, 0.1) is 11.3 Å². The van der Waals surface area contributed by atoms with Crippen LogP contribution in [0.4, 0.5) is 5.69 Å². The molecule has 3 nitrogen and oxygen atoms in total. The monoisotopic (exact) mass is 321 g/mol. The molecule has 0 spiro atoms. The van der Waals surface area contributed by atoms with E-state index in [1.165, 1.54) is 25.7 Å². The lowest BCUT2D eigenvalue weighted by Crippen LogP contribution is -2.47. The van der Waals surface area contributed by atoms with Crippen molar-refractivity contribution in [3.63, 3.8) is 0 Å². The van der Waals surface area contributed by atoms with Crippen LogP contribution < -0.4 is 5.32 Å². The molecule has 1 N–H and O–H groups in total. The molecular formula is C15H20BrN3. The molecule has 102 valence electrons. The first-order chi connectivity index (χ1) is 9.07. The molecule has 0 radical (unpaired) electrons. The molecule has 0 atom stereocenters. The SMILES string of the molecule is CN(C)C1(CNc2ccc(C#N)cc2Br)CCCC1. The Kier molecular flexibility index (Phi) is 4.49. The second-order valence-electron chi connectivity index (χ2n) is 5.49. The maximum Gasteiger partial charge on any atom is 0.0992 e. The zero-order valence-electron chi connectivity index (χ0n) is 11.5. The summed E-state index contributed by atoms with van der Waals surface area (Å²) in [5.74, 6) is 0. The lowest BCUT2D eigenvalue weighted by molar-refractivity contribution is 0.172. The largest absolute Gasteiger partial charge is 0.382 e. The van der Waals surface area contributed by atoms with Crippen LogP contribution in [0.1, 0.15) is 31.2 Å². The number of hydrogen-bond acceptors (Lipinski definition) is 3. The zero-order chi connectivity index (χ0) is 13.9. The Hall–Kier alpha value is -1.05. The number of nitriles is 1. The second-order valence-corrected chi connectivity index (χ2v) is 6.34. The van der Waals surface area contributed by atoms with E-state index in [1.807, 2.05) is 18.2 Å². The summed E-state index contributed by atoms with van der Waals surface area (Å²) < 4.78 is 0.957. The quantitative estimate of drug-likeness (QED) is 0.920. The number of likely N-dealkylation sites (N-methyl/N-ethyl adjacent to an activating group) is 1. The highest BCUT2D eigenvalue weighted by molar-refractivity contribution is 9.10. The Morgan fingerprint density at radius 1 is 1.37 bits per heavy atom. The molecule has 1 aliphatic carbocycles. The van der Waals surface area contributed by atoms with E-state index in [0.29, 0.717) is 5.56 Å². The fraction of sp³-hybridized carbons (Fsp3) is 0.533. The third-order valence-corrected chi connectivity index (χ3v) is 4.85. The summed E-state index contributed by atoms with van der Waals surface area (Å²) in [4.78, 5) is 2.35. The van der Waals surface area contributed by atoms with Gasteiger partial charge in [-0.3, -0.25) is 0 Å².